The number of aryl methyl sites for hydroxylation is 1. The van der Waals surface area contributed by atoms with Crippen LogP contribution in [0.1, 0.15) is 0 Å². The summed E-state index contributed by atoms with van der Waals surface area (Å²) in [4.78, 5) is 3.91. The Morgan fingerprint density at radius 3 is 2.82 bits per heavy atom. The lowest BCUT2D eigenvalue weighted by Gasteiger charge is -2.01. The molecular formula is C8H11N5O3S. The lowest BCUT2D eigenvalue weighted by atomic mass is 10.7. The quantitative estimate of drug-likeness (QED) is 0.799. The Labute approximate surface area is 97.7 Å². The predicted molar refractivity (Wildman–Crippen MR) is 59.2 cm³/mol. The van der Waals surface area contributed by atoms with E-state index in [9.17, 15) is 8.42 Å². The maximum atomic E-state index is 11.9. The molecule has 0 saturated carbocycles. The maximum absolute atomic E-state index is 11.9. The number of sulfonamides is 1. The first-order chi connectivity index (χ1) is 8.01. The molecule has 2 aromatic rings. The minimum absolute atomic E-state index is 0.00528. The number of H-pyrrole nitrogens is 1. The van der Waals surface area contributed by atoms with Crippen molar-refractivity contribution in [3.05, 3.63) is 18.5 Å². The van der Waals surface area contributed by atoms with Crippen molar-refractivity contribution in [1.29, 1.82) is 0 Å². The monoisotopic (exact) mass is 257 g/mol. The van der Waals surface area contributed by atoms with Crippen molar-refractivity contribution < 1.29 is 13.2 Å². The second kappa shape index (κ2) is 4.09. The number of rotatable bonds is 4. The first-order valence-corrected chi connectivity index (χ1v) is 6.11. The van der Waals surface area contributed by atoms with Gasteiger partial charge in [-0.1, -0.05) is 0 Å². The van der Waals surface area contributed by atoms with Gasteiger partial charge in [-0.15, -0.1) is 5.10 Å². The summed E-state index contributed by atoms with van der Waals surface area (Å²) in [5, 5.41) is 6.03. The van der Waals surface area contributed by atoms with Gasteiger partial charge in [-0.3, -0.25) is 0 Å². The number of aromatic amines is 1. The van der Waals surface area contributed by atoms with Gasteiger partial charge in [0.25, 0.3) is 10.0 Å². The Balaban J connectivity index is 2.23. The van der Waals surface area contributed by atoms with Gasteiger partial charge in [-0.25, -0.2) is 18.2 Å². The van der Waals surface area contributed by atoms with Crippen LogP contribution in [0.5, 0.6) is 6.01 Å². The summed E-state index contributed by atoms with van der Waals surface area (Å²) in [5.74, 6) is 0.00528. The standard InChI is InChI=1S/C8H11N5O3S/c1-13-4-3-6(5-13)17(14,15)12-7-9-8(16-2)11-10-7/h3-5H,1-2H3,(H2,9,10,11,12). The van der Waals surface area contributed by atoms with Gasteiger partial charge >= 0.3 is 6.01 Å². The van der Waals surface area contributed by atoms with Crippen LogP contribution in [0.4, 0.5) is 5.95 Å². The molecule has 0 saturated heterocycles. The van der Waals surface area contributed by atoms with E-state index in [1.165, 1.54) is 19.4 Å². The lowest BCUT2D eigenvalue weighted by Crippen LogP contribution is -2.13. The summed E-state index contributed by atoms with van der Waals surface area (Å²) in [6, 6.07) is 1.55. The third kappa shape index (κ3) is 2.38. The fraction of sp³-hybridized carbons (Fsp3) is 0.250. The molecule has 8 nitrogen and oxygen atoms in total. The normalized spacial score (nSPS) is 11.4. The lowest BCUT2D eigenvalue weighted by molar-refractivity contribution is 0.382. The summed E-state index contributed by atoms with van der Waals surface area (Å²) < 4.78 is 32.3. The second-order valence-electron chi connectivity index (χ2n) is 3.29. The molecule has 9 heteroatoms. The molecule has 2 rings (SSSR count). The molecule has 2 aromatic heterocycles. The zero-order chi connectivity index (χ0) is 12.5. The van der Waals surface area contributed by atoms with Crippen LogP contribution in [0, 0.1) is 0 Å². The average molecular weight is 257 g/mol. The molecule has 0 fully saturated rings. The van der Waals surface area contributed by atoms with E-state index >= 15 is 0 Å². The number of ether oxygens (including phenoxy) is 1. The Morgan fingerprint density at radius 1 is 1.53 bits per heavy atom. The fourth-order valence-electron chi connectivity index (χ4n) is 1.21. The summed E-state index contributed by atoms with van der Waals surface area (Å²) in [7, 11) is -0.527. The third-order valence-electron chi connectivity index (χ3n) is 1.99. The first kappa shape index (κ1) is 11.5. The number of anilines is 1. The van der Waals surface area contributed by atoms with E-state index in [1.807, 2.05) is 0 Å². The number of methoxy groups -OCH3 is 1. The van der Waals surface area contributed by atoms with Crippen molar-refractivity contribution in [2.24, 2.45) is 7.05 Å². The van der Waals surface area contributed by atoms with Crippen LogP contribution in [0.2, 0.25) is 0 Å². The summed E-state index contributed by atoms with van der Waals surface area (Å²) in [6.45, 7) is 0. The molecule has 0 radical (unpaired) electrons. The summed E-state index contributed by atoms with van der Waals surface area (Å²) >= 11 is 0. The Kier molecular flexibility index (Phi) is 2.76. The topological polar surface area (TPSA) is 102 Å². The molecule has 2 N–H and O–H groups in total. The zero-order valence-corrected chi connectivity index (χ0v) is 10.0. The molecule has 0 aliphatic carbocycles. The maximum Gasteiger partial charge on any atom is 0.336 e. The van der Waals surface area contributed by atoms with Gasteiger partial charge in [0.15, 0.2) is 0 Å². The predicted octanol–water partition coefficient (Wildman–Crippen LogP) is -0.0474. The molecular weight excluding hydrogens is 246 g/mol. The Morgan fingerprint density at radius 2 is 2.29 bits per heavy atom. The highest BCUT2D eigenvalue weighted by molar-refractivity contribution is 7.92. The van der Waals surface area contributed by atoms with E-state index in [-0.39, 0.29) is 16.9 Å². The molecule has 92 valence electrons. The minimum atomic E-state index is -3.65. The number of aromatic nitrogens is 4. The molecule has 0 atom stereocenters. The molecule has 0 aromatic carbocycles. The van der Waals surface area contributed by atoms with Crippen LogP contribution in [0.25, 0.3) is 0 Å². The number of nitrogens with one attached hydrogen (secondary N) is 2. The number of nitrogens with zero attached hydrogens (tertiary/aromatic N) is 3. The average Bonchev–Trinajstić information content (AvgIpc) is 2.86. The SMILES string of the molecule is COc1n[nH]c(NS(=O)(=O)c2ccn(C)c2)n1. The highest BCUT2D eigenvalue weighted by Gasteiger charge is 2.17. The molecule has 0 bridgehead atoms. The van der Waals surface area contributed by atoms with Gasteiger partial charge in [0.05, 0.1) is 7.11 Å². The van der Waals surface area contributed by atoms with Crippen LogP contribution in [-0.2, 0) is 17.1 Å². The minimum Gasteiger partial charge on any atom is -0.466 e. The fourth-order valence-corrected chi connectivity index (χ4v) is 2.22. The van der Waals surface area contributed by atoms with Crippen molar-refractivity contribution >= 4 is 16.0 Å². The molecule has 0 amide bonds. The number of hydrogen-bond donors (Lipinski definition) is 2. The van der Waals surface area contributed by atoms with Crippen molar-refractivity contribution in [3.63, 3.8) is 0 Å². The second-order valence-corrected chi connectivity index (χ2v) is 4.97. The smallest absolute Gasteiger partial charge is 0.336 e. The molecule has 17 heavy (non-hydrogen) atoms. The van der Waals surface area contributed by atoms with Gasteiger partial charge in [0.2, 0.25) is 5.95 Å². The van der Waals surface area contributed by atoms with E-state index in [0.717, 1.165) is 0 Å². The summed E-state index contributed by atoms with van der Waals surface area (Å²) in [5.41, 5.74) is 0. The van der Waals surface area contributed by atoms with Crippen molar-refractivity contribution in [3.8, 4) is 6.01 Å². The van der Waals surface area contributed by atoms with E-state index in [2.05, 4.69) is 19.9 Å². The van der Waals surface area contributed by atoms with Gasteiger partial charge in [0.1, 0.15) is 4.90 Å². The molecule has 0 unspecified atom stereocenters. The molecule has 2 heterocycles. The Bertz CT molecular complexity index is 615. The van der Waals surface area contributed by atoms with Crippen LogP contribution in [0.3, 0.4) is 0 Å². The van der Waals surface area contributed by atoms with Crippen molar-refractivity contribution in [1.82, 2.24) is 19.7 Å². The van der Waals surface area contributed by atoms with E-state index in [4.69, 9.17) is 4.74 Å². The van der Waals surface area contributed by atoms with Gasteiger partial charge < -0.3 is 9.30 Å². The van der Waals surface area contributed by atoms with Gasteiger partial charge in [-0.05, 0) is 6.07 Å². The van der Waals surface area contributed by atoms with Gasteiger partial charge in [-0.2, -0.15) is 4.98 Å². The Hall–Kier alpha value is -2.03. The van der Waals surface area contributed by atoms with Crippen LogP contribution in [-0.4, -0.2) is 35.3 Å². The molecule has 0 aliphatic rings. The molecule has 0 aliphatic heterocycles. The third-order valence-corrected chi connectivity index (χ3v) is 3.32. The zero-order valence-electron chi connectivity index (χ0n) is 9.21. The van der Waals surface area contributed by atoms with Gasteiger partial charge in [0, 0.05) is 19.4 Å². The van der Waals surface area contributed by atoms with E-state index in [1.54, 1.807) is 17.8 Å². The van der Waals surface area contributed by atoms with E-state index in [0.29, 0.717) is 0 Å². The van der Waals surface area contributed by atoms with Crippen LogP contribution in [0.15, 0.2) is 23.4 Å². The summed E-state index contributed by atoms with van der Waals surface area (Å²) in [6.07, 6.45) is 3.12. The highest BCUT2D eigenvalue weighted by atomic mass is 32.2. The highest BCUT2D eigenvalue weighted by Crippen LogP contribution is 2.14. The van der Waals surface area contributed by atoms with Crippen LogP contribution >= 0.6 is 0 Å². The van der Waals surface area contributed by atoms with Crippen molar-refractivity contribution in [2.75, 3.05) is 11.8 Å². The molecule has 0 spiro atoms. The van der Waals surface area contributed by atoms with E-state index < -0.39 is 10.0 Å². The first-order valence-electron chi connectivity index (χ1n) is 4.62. The number of hydrogen-bond acceptors (Lipinski definition) is 5. The van der Waals surface area contributed by atoms with Crippen LogP contribution < -0.4 is 9.46 Å². The largest absolute Gasteiger partial charge is 0.466 e. The van der Waals surface area contributed by atoms with Crippen molar-refractivity contribution in [2.45, 2.75) is 4.90 Å².